The average Bonchev–Trinajstić information content (AvgIpc) is 2.77. The Morgan fingerprint density at radius 2 is 2.07 bits per heavy atom. The fourth-order valence-electron chi connectivity index (χ4n) is 3.26. The smallest absolute Gasteiger partial charge is 0.289 e. The Balaban J connectivity index is 1.78. The van der Waals surface area contributed by atoms with E-state index in [1.54, 1.807) is 32.9 Å². The number of aryl methyl sites for hydroxylation is 1. The Hall–Kier alpha value is -3.54. The van der Waals surface area contributed by atoms with Crippen molar-refractivity contribution in [3.8, 4) is 5.75 Å². The monoisotopic (exact) mass is 398 g/mol. The molecule has 151 valence electrons. The van der Waals surface area contributed by atoms with Crippen molar-refractivity contribution in [3.63, 3.8) is 0 Å². The van der Waals surface area contributed by atoms with Crippen LogP contribution in [-0.2, 0) is 6.42 Å². The summed E-state index contributed by atoms with van der Waals surface area (Å²) in [6.45, 7) is 2.14. The maximum absolute atomic E-state index is 12.7. The molecular weight excluding hydrogens is 373 g/mol. The number of allylic oxidation sites excluding steroid dienone is 1. The number of ether oxygens (including phenoxy) is 1. The molecule has 30 heavy (non-hydrogen) atoms. The molecule has 3 N–H and O–H groups in total. The van der Waals surface area contributed by atoms with Crippen molar-refractivity contribution in [2.75, 3.05) is 7.11 Å². The van der Waals surface area contributed by atoms with Gasteiger partial charge in [-0.25, -0.2) is 0 Å². The molecule has 3 rings (SSSR count). The molecule has 0 heterocycles. The topological polar surface area (TPSA) is 76.7 Å². The minimum absolute atomic E-state index is 0.181. The van der Waals surface area contributed by atoms with E-state index >= 15 is 0 Å². The number of nitrogens with zero attached hydrogens (tertiary/aromatic N) is 1. The van der Waals surface area contributed by atoms with Crippen molar-refractivity contribution in [3.05, 3.63) is 78.0 Å². The summed E-state index contributed by atoms with van der Waals surface area (Å²) < 4.78 is 5.42. The summed E-state index contributed by atoms with van der Waals surface area (Å²) in [5, 5.41) is 4.79. The highest BCUT2D eigenvalue weighted by molar-refractivity contribution is 6.55. The van der Waals surface area contributed by atoms with E-state index in [0.29, 0.717) is 5.56 Å². The number of methoxy groups -OCH3 is 1. The van der Waals surface area contributed by atoms with Crippen molar-refractivity contribution in [1.82, 2.24) is 5.23 Å². The fraction of sp³-hybridized carbons (Fsp3) is 0.167. The number of carbonyl (C=O) groups excluding carboxylic acids is 1. The molecule has 3 aromatic rings. The highest BCUT2D eigenvalue weighted by atomic mass is 16.5. The third kappa shape index (κ3) is 5.09. The van der Waals surface area contributed by atoms with Gasteiger partial charge in [-0.2, -0.15) is 0 Å². The first-order valence-corrected chi connectivity index (χ1v) is 9.91. The number of carbonyl (C=O) groups is 1. The molecule has 6 heteroatoms. The second-order valence-corrected chi connectivity index (χ2v) is 6.82. The lowest BCUT2D eigenvalue weighted by atomic mass is 9.80. The molecule has 0 aliphatic rings. The molecule has 5 nitrogen and oxygen atoms in total. The summed E-state index contributed by atoms with van der Waals surface area (Å²) in [5.74, 6) is 0.544. The SMILES string of the molecule is CCCc1ccc(OC)c([B]NC(=O)c2ccc3c(N=C/C=C\N)cccc3c2)c1. The van der Waals surface area contributed by atoms with Crippen molar-refractivity contribution in [1.29, 1.82) is 0 Å². The maximum Gasteiger partial charge on any atom is 0.289 e. The summed E-state index contributed by atoms with van der Waals surface area (Å²) in [4.78, 5) is 17.1. The number of amides is 1. The lowest BCUT2D eigenvalue weighted by Crippen LogP contribution is -2.36. The van der Waals surface area contributed by atoms with Crippen molar-refractivity contribution < 1.29 is 9.53 Å². The quantitative estimate of drug-likeness (QED) is 0.449. The molecule has 0 bridgehead atoms. The van der Waals surface area contributed by atoms with Gasteiger partial charge in [-0.3, -0.25) is 9.79 Å². The van der Waals surface area contributed by atoms with E-state index in [4.69, 9.17) is 10.5 Å². The van der Waals surface area contributed by atoms with Crippen molar-refractivity contribution >= 4 is 41.5 Å². The number of hydrogen-bond donors (Lipinski definition) is 2. The van der Waals surface area contributed by atoms with E-state index in [9.17, 15) is 4.79 Å². The van der Waals surface area contributed by atoms with Gasteiger partial charge in [-0.05, 0) is 59.4 Å². The lowest BCUT2D eigenvalue weighted by Gasteiger charge is -2.11. The predicted molar refractivity (Wildman–Crippen MR) is 125 cm³/mol. The number of hydrogen-bond acceptors (Lipinski definition) is 4. The summed E-state index contributed by atoms with van der Waals surface area (Å²) in [6, 6.07) is 17.4. The van der Waals surface area contributed by atoms with Gasteiger partial charge in [-0.15, -0.1) is 0 Å². The van der Waals surface area contributed by atoms with Gasteiger partial charge in [0.25, 0.3) is 7.41 Å². The van der Waals surface area contributed by atoms with Gasteiger partial charge in [0.15, 0.2) is 0 Å². The molecule has 3 aromatic carbocycles. The maximum atomic E-state index is 12.7. The minimum atomic E-state index is -0.181. The first-order valence-electron chi connectivity index (χ1n) is 9.91. The van der Waals surface area contributed by atoms with Crippen LogP contribution in [0.15, 0.2) is 71.9 Å². The molecule has 0 spiro atoms. The zero-order chi connectivity index (χ0) is 21.3. The Morgan fingerprint density at radius 3 is 2.83 bits per heavy atom. The number of benzene rings is 3. The molecule has 0 atom stereocenters. The van der Waals surface area contributed by atoms with Crippen LogP contribution in [0.3, 0.4) is 0 Å². The summed E-state index contributed by atoms with van der Waals surface area (Å²) in [6.07, 6.45) is 6.78. The number of fused-ring (bicyclic) bond motifs is 1. The molecule has 1 radical (unpaired) electrons. The van der Waals surface area contributed by atoms with E-state index in [-0.39, 0.29) is 5.91 Å². The molecule has 0 saturated carbocycles. The summed E-state index contributed by atoms with van der Waals surface area (Å²) >= 11 is 0. The first-order chi connectivity index (χ1) is 14.7. The second kappa shape index (κ2) is 10.3. The summed E-state index contributed by atoms with van der Waals surface area (Å²) in [7, 11) is 3.32. The highest BCUT2D eigenvalue weighted by Gasteiger charge is 2.12. The Bertz CT molecular complexity index is 1090. The van der Waals surface area contributed by atoms with Crippen LogP contribution in [0.5, 0.6) is 5.75 Å². The normalized spacial score (nSPS) is 11.3. The van der Waals surface area contributed by atoms with Crippen LogP contribution in [0.1, 0.15) is 29.3 Å². The van der Waals surface area contributed by atoms with Crippen LogP contribution in [-0.4, -0.2) is 26.6 Å². The zero-order valence-electron chi connectivity index (χ0n) is 17.3. The van der Waals surface area contributed by atoms with Gasteiger partial charge in [0.05, 0.1) is 12.8 Å². The standard InChI is InChI=1S/C24H25BN3O2/c1-3-6-17-9-12-23(30-2)21(15-17)25-28-24(29)19-10-11-20-18(16-19)7-4-8-22(20)27-14-5-13-26/h4-5,7-16H,3,6,26H2,1-2H3,(H,28,29)/b13-5-,27-14?. The Morgan fingerprint density at radius 1 is 1.20 bits per heavy atom. The number of aliphatic imine (C=N–C) groups is 1. The van der Waals surface area contributed by atoms with E-state index in [0.717, 1.165) is 40.5 Å². The molecule has 0 saturated heterocycles. The van der Waals surface area contributed by atoms with E-state index < -0.39 is 0 Å². The van der Waals surface area contributed by atoms with Crippen molar-refractivity contribution in [2.45, 2.75) is 19.8 Å². The van der Waals surface area contributed by atoms with Crippen LogP contribution in [0.2, 0.25) is 0 Å². The van der Waals surface area contributed by atoms with Crippen LogP contribution >= 0.6 is 0 Å². The lowest BCUT2D eigenvalue weighted by molar-refractivity contribution is 0.0981. The van der Waals surface area contributed by atoms with Crippen molar-refractivity contribution in [2.24, 2.45) is 10.7 Å². The van der Waals surface area contributed by atoms with E-state index in [1.165, 1.54) is 11.8 Å². The van der Waals surface area contributed by atoms with Gasteiger partial charge >= 0.3 is 0 Å². The minimum Gasteiger partial charge on any atom is -0.497 e. The van der Waals surface area contributed by atoms with Gasteiger partial charge in [0, 0.05) is 17.2 Å². The molecule has 0 unspecified atom stereocenters. The average molecular weight is 398 g/mol. The van der Waals surface area contributed by atoms with Gasteiger partial charge in [-0.1, -0.05) is 43.7 Å². The third-order valence-corrected chi connectivity index (χ3v) is 4.72. The Labute approximate surface area is 177 Å². The van der Waals surface area contributed by atoms with Crippen LogP contribution in [0.4, 0.5) is 5.69 Å². The third-order valence-electron chi connectivity index (χ3n) is 4.72. The zero-order valence-corrected chi connectivity index (χ0v) is 17.3. The molecule has 0 aliphatic heterocycles. The molecule has 0 aromatic heterocycles. The predicted octanol–water partition coefficient (Wildman–Crippen LogP) is 3.65. The molecular formula is C24H25BN3O2. The van der Waals surface area contributed by atoms with E-state index in [1.807, 2.05) is 48.5 Å². The van der Waals surface area contributed by atoms with Gasteiger partial charge in [0.2, 0.25) is 5.91 Å². The van der Waals surface area contributed by atoms with E-state index in [2.05, 4.69) is 17.1 Å². The van der Waals surface area contributed by atoms with Crippen LogP contribution < -0.4 is 21.2 Å². The number of nitrogens with one attached hydrogen (secondary N) is 1. The van der Waals surface area contributed by atoms with Crippen LogP contribution in [0.25, 0.3) is 10.8 Å². The molecule has 1 amide bonds. The first kappa shape index (κ1) is 21.2. The van der Waals surface area contributed by atoms with Gasteiger partial charge < -0.3 is 15.7 Å². The van der Waals surface area contributed by atoms with Gasteiger partial charge in [0.1, 0.15) is 5.75 Å². The Kier molecular flexibility index (Phi) is 7.27. The second-order valence-electron chi connectivity index (χ2n) is 6.82. The molecule has 0 aliphatic carbocycles. The van der Waals surface area contributed by atoms with Crippen LogP contribution in [0, 0.1) is 0 Å². The largest absolute Gasteiger partial charge is 0.497 e. The number of nitrogens with two attached hydrogens (primary N) is 1. The molecule has 0 fully saturated rings. The number of rotatable bonds is 8. The summed E-state index contributed by atoms with van der Waals surface area (Å²) in [5.41, 5.74) is 8.80. The highest BCUT2D eigenvalue weighted by Crippen LogP contribution is 2.26. The fourth-order valence-corrected chi connectivity index (χ4v) is 3.26.